The van der Waals surface area contributed by atoms with Crippen molar-refractivity contribution in [2.75, 3.05) is 75.3 Å². The van der Waals surface area contributed by atoms with Gasteiger partial charge in [-0.3, -0.25) is 27.0 Å². The van der Waals surface area contributed by atoms with Crippen LogP contribution in [0.3, 0.4) is 0 Å². The van der Waals surface area contributed by atoms with Crippen LogP contribution in [0, 0.1) is 29.6 Å². The molecular weight excluding hydrogens is 595 g/mol. The van der Waals surface area contributed by atoms with Crippen LogP contribution in [-0.2, 0) is 29.8 Å². The van der Waals surface area contributed by atoms with Crippen molar-refractivity contribution in [3.8, 4) is 0 Å². The van der Waals surface area contributed by atoms with Crippen LogP contribution in [0.4, 0.5) is 14.4 Å². The van der Waals surface area contributed by atoms with E-state index in [4.69, 9.17) is 0 Å². The fourth-order valence-electron chi connectivity index (χ4n) is 6.51. The van der Waals surface area contributed by atoms with Gasteiger partial charge in [0.2, 0.25) is 0 Å². The first-order chi connectivity index (χ1) is 19.6. The van der Waals surface area contributed by atoms with E-state index in [0.29, 0.717) is 74.3 Å². The number of hydrogen-bond acceptors (Lipinski definition) is 6. The fourth-order valence-corrected chi connectivity index (χ4v) is 13.6. The van der Waals surface area contributed by atoms with E-state index >= 15 is 0 Å². The molecule has 0 spiro atoms. The highest BCUT2D eigenvalue weighted by atomic mass is 32.2. The minimum absolute atomic E-state index is 0.195. The third kappa shape index (κ3) is 9.43. The second-order valence-corrected chi connectivity index (χ2v) is 22.4. The largest absolute Gasteiger partial charge is 0.334 e. The van der Waals surface area contributed by atoms with E-state index in [-0.39, 0.29) is 27.6 Å². The summed E-state index contributed by atoms with van der Waals surface area (Å²) in [5.74, 6) is 2.98. The number of rotatable bonds is 16. The Morgan fingerprint density at radius 3 is 1.21 bits per heavy atom. The molecule has 3 fully saturated rings. The normalized spacial score (nSPS) is 24.9. The van der Waals surface area contributed by atoms with Crippen molar-refractivity contribution >= 4 is 45.5 Å². The molecule has 3 aliphatic carbocycles. The zero-order valence-electron chi connectivity index (χ0n) is 27.1. The summed E-state index contributed by atoms with van der Waals surface area (Å²) in [7, 11) is -8.81. The SMILES string of the molecule is CCN(CCC1CC1C[SH](C)(=O)C(=O)N(CC)CCC1CC1C[SH](C)(=O)C(=O)N(CC)CC)C(=O)[SH](C)(=O)CC1CC1. The molecule has 0 aromatic heterocycles. The summed E-state index contributed by atoms with van der Waals surface area (Å²) in [6.07, 6.45) is 10.4. The number of nitrogens with zero attached hydrogens (tertiary/aromatic N) is 3. The van der Waals surface area contributed by atoms with E-state index in [1.54, 1.807) is 33.5 Å². The van der Waals surface area contributed by atoms with Gasteiger partial charge < -0.3 is 14.7 Å². The van der Waals surface area contributed by atoms with Crippen LogP contribution in [0.25, 0.3) is 0 Å². The van der Waals surface area contributed by atoms with Crippen molar-refractivity contribution in [1.29, 1.82) is 0 Å². The number of carbonyl (C=O) groups excluding carboxylic acids is 3. The maximum atomic E-state index is 13.6. The van der Waals surface area contributed by atoms with Gasteiger partial charge in [-0.05, 0) is 144 Å². The van der Waals surface area contributed by atoms with Gasteiger partial charge in [0.05, 0.1) is 0 Å². The van der Waals surface area contributed by atoms with Crippen LogP contribution >= 0.6 is 0 Å². The third-order valence-electron chi connectivity index (χ3n) is 9.70. The molecule has 42 heavy (non-hydrogen) atoms. The maximum Gasteiger partial charge on any atom is 0.288 e. The van der Waals surface area contributed by atoms with Crippen molar-refractivity contribution in [2.45, 2.75) is 66.2 Å². The van der Waals surface area contributed by atoms with Gasteiger partial charge in [0.25, 0.3) is 15.7 Å². The minimum atomic E-state index is -3.05. The van der Waals surface area contributed by atoms with Gasteiger partial charge >= 0.3 is 0 Å². The molecule has 0 aromatic rings. The molecule has 3 aliphatic rings. The van der Waals surface area contributed by atoms with Crippen molar-refractivity contribution in [2.24, 2.45) is 29.6 Å². The Hall–Kier alpha value is -1.14. The van der Waals surface area contributed by atoms with E-state index in [0.717, 1.165) is 38.5 Å². The monoisotopic (exact) mass is 653 g/mol. The van der Waals surface area contributed by atoms with Gasteiger partial charge in [-0.25, -0.2) is 0 Å². The predicted octanol–water partition coefficient (Wildman–Crippen LogP) is 3.73. The van der Waals surface area contributed by atoms with E-state index in [9.17, 15) is 27.0 Å². The number of amides is 3. The smallest absolute Gasteiger partial charge is 0.288 e. The lowest BCUT2D eigenvalue weighted by Gasteiger charge is -2.28. The molecule has 0 bridgehead atoms. The minimum Gasteiger partial charge on any atom is -0.334 e. The lowest BCUT2D eigenvalue weighted by atomic mass is 10.2. The van der Waals surface area contributed by atoms with Crippen LogP contribution in [-0.4, -0.2) is 118 Å². The van der Waals surface area contributed by atoms with E-state index in [2.05, 4.69) is 0 Å². The van der Waals surface area contributed by atoms with Crippen LogP contribution in [0.15, 0.2) is 0 Å². The van der Waals surface area contributed by atoms with Gasteiger partial charge in [0.1, 0.15) is 0 Å². The molecule has 4 atom stereocenters. The van der Waals surface area contributed by atoms with Crippen molar-refractivity contribution in [1.82, 2.24) is 14.7 Å². The first kappa shape index (κ1) is 35.3. The number of thiol groups is 3. The van der Waals surface area contributed by atoms with Crippen LogP contribution in [0.5, 0.6) is 0 Å². The molecule has 9 nitrogen and oxygen atoms in total. The highest BCUT2D eigenvalue weighted by Gasteiger charge is 2.44. The molecule has 0 N–H and O–H groups in total. The molecule has 4 unspecified atom stereocenters. The zero-order chi connectivity index (χ0) is 31.5. The molecule has 0 radical (unpaired) electrons. The maximum absolute atomic E-state index is 13.6. The van der Waals surface area contributed by atoms with Crippen LogP contribution in [0.2, 0.25) is 0 Å². The molecule has 0 aromatic carbocycles. The zero-order valence-corrected chi connectivity index (χ0v) is 29.8. The quantitative estimate of drug-likeness (QED) is 0.219. The highest BCUT2D eigenvalue weighted by molar-refractivity contribution is 8.16. The lowest BCUT2D eigenvalue weighted by Crippen LogP contribution is -2.41. The topological polar surface area (TPSA) is 112 Å². The first-order valence-corrected chi connectivity index (χ1v) is 23.2. The molecular formula is C30H59N3O6S3. The highest BCUT2D eigenvalue weighted by Crippen LogP contribution is 2.45. The Kier molecular flexibility index (Phi) is 12.0. The molecule has 0 heterocycles. The molecule has 3 amide bonds. The summed E-state index contributed by atoms with van der Waals surface area (Å²) < 4.78 is 39.7. The Morgan fingerprint density at radius 2 is 0.881 bits per heavy atom. The lowest BCUT2D eigenvalue weighted by molar-refractivity contribution is 0.222. The second-order valence-electron chi connectivity index (χ2n) is 13.6. The van der Waals surface area contributed by atoms with E-state index in [1.807, 2.05) is 27.7 Å². The summed E-state index contributed by atoms with van der Waals surface area (Å²) in [4.78, 5) is 44.0. The summed E-state index contributed by atoms with van der Waals surface area (Å²) >= 11 is 0. The van der Waals surface area contributed by atoms with Gasteiger partial charge in [-0.2, -0.15) is 0 Å². The Morgan fingerprint density at radius 1 is 0.548 bits per heavy atom. The number of carbonyl (C=O) groups is 3. The summed E-state index contributed by atoms with van der Waals surface area (Å²) in [6.45, 7) is 10.9. The molecule has 12 heteroatoms. The van der Waals surface area contributed by atoms with Gasteiger partial charge in [-0.15, -0.1) is 0 Å². The fraction of sp³-hybridized carbons (Fsp3) is 0.900. The van der Waals surface area contributed by atoms with Crippen LogP contribution < -0.4 is 0 Å². The molecule has 248 valence electrons. The van der Waals surface area contributed by atoms with E-state index < -0.39 is 29.8 Å². The second kappa shape index (κ2) is 14.3. The molecule has 0 aliphatic heterocycles. The van der Waals surface area contributed by atoms with Gasteiger partial charge in [0, 0.05) is 56.5 Å². The van der Waals surface area contributed by atoms with Crippen molar-refractivity contribution < 1.29 is 27.0 Å². The average molecular weight is 654 g/mol. The average Bonchev–Trinajstić information content (AvgIpc) is 3.84. The van der Waals surface area contributed by atoms with E-state index in [1.165, 1.54) is 0 Å². The Labute approximate surface area is 257 Å². The predicted molar refractivity (Wildman–Crippen MR) is 180 cm³/mol. The standard InChI is InChI=1S/C30H59N3O6S3/c1-8-31(9-2)28(34)41(6,38)21-26-18-24(26)15-17-33(11-4)30(36)42(7,39)22-27-19-25(27)14-16-32(10-3)29(35)40(5,37)20-23-12-13-23/h23-27,40-42H,8-22H2,1-7H3. The van der Waals surface area contributed by atoms with Crippen LogP contribution in [0.1, 0.15) is 66.2 Å². The summed E-state index contributed by atoms with van der Waals surface area (Å²) in [5.41, 5.74) is 0. The van der Waals surface area contributed by atoms with Gasteiger partial charge in [0.15, 0.2) is 0 Å². The third-order valence-corrected chi connectivity index (χ3v) is 16.5. The van der Waals surface area contributed by atoms with Crippen molar-refractivity contribution in [3.63, 3.8) is 0 Å². The Bertz CT molecular complexity index is 1140. The molecule has 3 rings (SSSR count). The van der Waals surface area contributed by atoms with Crippen molar-refractivity contribution in [3.05, 3.63) is 0 Å². The summed E-state index contributed by atoms with van der Waals surface area (Å²) in [6, 6.07) is 0. The first-order valence-electron chi connectivity index (χ1n) is 16.2. The Balaban J connectivity index is 1.42. The summed E-state index contributed by atoms with van der Waals surface area (Å²) in [5, 5.41) is -0.663. The van der Waals surface area contributed by atoms with Gasteiger partial charge in [-0.1, -0.05) is 0 Å². The molecule has 3 saturated carbocycles. The number of hydrogen-bond donors (Lipinski definition) is 3. The molecule has 0 saturated heterocycles.